The fourth-order valence-corrected chi connectivity index (χ4v) is 3.98. The van der Waals surface area contributed by atoms with E-state index in [1.54, 1.807) is 12.1 Å². The van der Waals surface area contributed by atoms with Crippen LogP contribution in [0.25, 0.3) is 5.69 Å². The molecule has 0 saturated carbocycles. The molecule has 6 nitrogen and oxygen atoms in total. The van der Waals surface area contributed by atoms with Crippen molar-refractivity contribution in [2.75, 3.05) is 13.2 Å². The summed E-state index contributed by atoms with van der Waals surface area (Å²) in [6, 6.07) is 14.8. The zero-order valence-electron chi connectivity index (χ0n) is 15.4. The van der Waals surface area contributed by atoms with Crippen molar-refractivity contribution < 1.29 is 9.84 Å². The van der Waals surface area contributed by atoms with Gasteiger partial charge in [-0.3, -0.25) is 14.3 Å². The maximum Gasteiger partial charge on any atom is 0.260 e. The Morgan fingerprint density at radius 2 is 1.96 bits per heavy atom. The molecule has 4 rings (SSSR count). The second kappa shape index (κ2) is 7.61. The third-order valence-corrected chi connectivity index (χ3v) is 5.21. The molecule has 1 unspecified atom stereocenters. The molecule has 0 fully saturated rings. The number of nitrogens with zero attached hydrogens (tertiary/aromatic N) is 1. The normalized spacial score (nSPS) is 15.8. The minimum Gasteiger partial charge on any atom is -0.494 e. The number of H-pyrrole nitrogens is 1. The maximum absolute atomic E-state index is 12.8. The molecule has 0 aliphatic carbocycles. The van der Waals surface area contributed by atoms with Gasteiger partial charge in [0.1, 0.15) is 5.75 Å². The number of nitrogens with one attached hydrogen (secondary N) is 2. The molecule has 3 aromatic rings. The summed E-state index contributed by atoms with van der Waals surface area (Å²) in [5.74, 6) is 0.390. The Labute approximate surface area is 167 Å². The van der Waals surface area contributed by atoms with Crippen LogP contribution in [0.2, 0.25) is 0 Å². The van der Waals surface area contributed by atoms with E-state index in [9.17, 15) is 9.90 Å². The monoisotopic (exact) mass is 395 g/mol. The fraction of sp³-hybridized carbons (Fsp3) is 0.238. The van der Waals surface area contributed by atoms with Crippen molar-refractivity contribution in [2.45, 2.75) is 19.4 Å². The quantitative estimate of drug-likeness (QED) is 0.591. The summed E-state index contributed by atoms with van der Waals surface area (Å²) in [5, 5.41) is 14.5. The molecular weight excluding hydrogens is 374 g/mol. The highest BCUT2D eigenvalue weighted by Crippen LogP contribution is 2.34. The smallest absolute Gasteiger partial charge is 0.260 e. The van der Waals surface area contributed by atoms with Crippen LogP contribution in [0.5, 0.6) is 11.6 Å². The van der Waals surface area contributed by atoms with E-state index in [1.807, 2.05) is 43.3 Å². The first kappa shape index (κ1) is 18.5. The molecule has 1 aliphatic heterocycles. The third kappa shape index (κ3) is 3.12. The van der Waals surface area contributed by atoms with E-state index in [1.165, 1.54) is 4.57 Å². The number of ether oxygens (including phenoxy) is 1. The Bertz CT molecular complexity index is 1140. The number of aromatic hydroxyl groups is 1. The van der Waals surface area contributed by atoms with Crippen molar-refractivity contribution in [2.24, 2.45) is 0 Å². The van der Waals surface area contributed by atoms with Gasteiger partial charge in [0, 0.05) is 6.54 Å². The number of hydrogen-bond donors (Lipinski definition) is 3. The first-order valence-corrected chi connectivity index (χ1v) is 9.64. The van der Waals surface area contributed by atoms with Gasteiger partial charge in [0.25, 0.3) is 5.56 Å². The molecule has 1 atom stereocenters. The first-order valence-electron chi connectivity index (χ1n) is 9.23. The Morgan fingerprint density at radius 3 is 2.79 bits per heavy atom. The van der Waals surface area contributed by atoms with Gasteiger partial charge in [-0.25, -0.2) is 0 Å². The molecule has 2 aromatic carbocycles. The van der Waals surface area contributed by atoms with Gasteiger partial charge in [-0.2, -0.15) is 0 Å². The lowest BCUT2D eigenvalue weighted by atomic mass is 9.90. The van der Waals surface area contributed by atoms with Crippen LogP contribution in [0.4, 0.5) is 0 Å². The van der Waals surface area contributed by atoms with Gasteiger partial charge in [0.05, 0.1) is 23.9 Å². The van der Waals surface area contributed by atoms with Crippen LogP contribution in [0.15, 0.2) is 53.3 Å². The average Bonchev–Trinajstić information content (AvgIpc) is 2.69. The zero-order chi connectivity index (χ0) is 19.7. The van der Waals surface area contributed by atoms with E-state index in [0.717, 1.165) is 17.5 Å². The lowest BCUT2D eigenvalue weighted by Crippen LogP contribution is -2.35. The standard InChI is InChI=1S/C21H21N3O3S/c1-2-27-16-10-6-5-9-15(16)24-20(26)17(19(25)23-21(24)28)18-14-8-4-3-7-13(14)11-12-22-18/h3-10,18,22,26H,2,11-12H2,1H3,(H,23,25,28). The average molecular weight is 395 g/mol. The SMILES string of the molecule is CCOc1ccccc1-n1c(O)c(C2NCCc3ccccc32)c(=O)[nH]c1=S. The lowest BCUT2D eigenvalue weighted by molar-refractivity contribution is 0.336. The summed E-state index contributed by atoms with van der Waals surface area (Å²) >= 11 is 5.36. The summed E-state index contributed by atoms with van der Waals surface area (Å²) in [5.41, 5.74) is 2.56. The number of rotatable bonds is 4. The van der Waals surface area contributed by atoms with Crippen molar-refractivity contribution in [3.63, 3.8) is 0 Å². The molecule has 2 heterocycles. The van der Waals surface area contributed by atoms with Gasteiger partial charge in [0.2, 0.25) is 5.88 Å². The molecule has 0 saturated heterocycles. The van der Waals surface area contributed by atoms with E-state index >= 15 is 0 Å². The highest BCUT2D eigenvalue weighted by molar-refractivity contribution is 7.71. The molecule has 144 valence electrons. The number of aromatic amines is 1. The largest absolute Gasteiger partial charge is 0.494 e. The molecule has 0 spiro atoms. The van der Waals surface area contributed by atoms with Gasteiger partial charge >= 0.3 is 0 Å². The lowest BCUT2D eigenvalue weighted by Gasteiger charge is -2.28. The maximum atomic E-state index is 12.8. The molecular formula is C21H21N3O3S. The van der Waals surface area contributed by atoms with Crippen LogP contribution in [-0.4, -0.2) is 27.8 Å². The first-order chi connectivity index (χ1) is 13.6. The van der Waals surface area contributed by atoms with Crippen LogP contribution in [0.1, 0.15) is 29.7 Å². The second-order valence-corrected chi connectivity index (χ2v) is 6.96. The van der Waals surface area contributed by atoms with Gasteiger partial charge in [-0.05, 0) is 48.8 Å². The predicted molar refractivity (Wildman–Crippen MR) is 110 cm³/mol. The molecule has 28 heavy (non-hydrogen) atoms. The van der Waals surface area contributed by atoms with E-state index < -0.39 is 11.6 Å². The number of aromatic nitrogens is 2. The summed E-state index contributed by atoms with van der Waals surface area (Å²) in [6.45, 7) is 3.07. The third-order valence-electron chi connectivity index (χ3n) is 4.92. The molecule has 0 bridgehead atoms. The second-order valence-electron chi connectivity index (χ2n) is 6.57. The van der Waals surface area contributed by atoms with Crippen molar-refractivity contribution in [1.82, 2.24) is 14.9 Å². The van der Waals surface area contributed by atoms with Crippen molar-refractivity contribution >= 4 is 12.2 Å². The number of hydrogen-bond acceptors (Lipinski definition) is 5. The van der Waals surface area contributed by atoms with Gasteiger partial charge in [-0.1, -0.05) is 36.4 Å². The van der Waals surface area contributed by atoms with Crippen LogP contribution < -0.4 is 15.6 Å². The van der Waals surface area contributed by atoms with E-state index in [-0.39, 0.29) is 16.2 Å². The summed E-state index contributed by atoms with van der Waals surface area (Å²) in [4.78, 5) is 15.5. The number of benzene rings is 2. The highest BCUT2D eigenvalue weighted by atomic mass is 32.1. The molecule has 7 heteroatoms. The fourth-order valence-electron chi connectivity index (χ4n) is 3.70. The van der Waals surface area contributed by atoms with E-state index in [4.69, 9.17) is 17.0 Å². The van der Waals surface area contributed by atoms with Crippen molar-refractivity contribution in [3.8, 4) is 17.3 Å². The minimum absolute atomic E-state index is 0.113. The van der Waals surface area contributed by atoms with E-state index in [0.29, 0.717) is 24.6 Å². The van der Waals surface area contributed by atoms with E-state index in [2.05, 4.69) is 10.3 Å². The van der Waals surface area contributed by atoms with Gasteiger partial charge < -0.3 is 15.2 Å². The number of fused-ring (bicyclic) bond motifs is 1. The van der Waals surface area contributed by atoms with Crippen molar-refractivity contribution in [3.05, 3.63) is 80.3 Å². The number of para-hydroxylation sites is 2. The Balaban J connectivity index is 1.95. The van der Waals surface area contributed by atoms with Crippen LogP contribution >= 0.6 is 12.2 Å². The summed E-state index contributed by atoms with van der Waals surface area (Å²) in [7, 11) is 0. The van der Waals surface area contributed by atoms with Crippen LogP contribution in [0.3, 0.4) is 0 Å². The Kier molecular flexibility index (Phi) is 5.02. The molecule has 1 aromatic heterocycles. The summed E-state index contributed by atoms with van der Waals surface area (Å²) in [6.07, 6.45) is 0.873. The van der Waals surface area contributed by atoms with Gasteiger partial charge in [0.15, 0.2) is 4.77 Å². The van der Waals surface area contributed by atoms with Crippen LogP contribution in [-0.2, 0) is 6.42 Å². The topological polar surface area (TPSA) is 79.3 Å². The van der Waals surface area contributed by atoms with Gasteiger partial charge in [-0.15, -0.1) is 0 Å². The predicted octanol–water partition coefficient (Wildman–Crippen LogP) is 3.23. The minimum atomic E-state index is -0.421. The Hall–Kier alpha value is -2.90. The molecule has 0 radical (unpaired) electrons. The van der Waals surface area contributed by atoms with Crippen LogP contribution in [0, 0.1) is 4.77 Å². The molecule has 0 amide bonds. The highest BCUT2D eigenvalue weighted by Gasteiger charge is 2.28. The van der Waals surface area contributed by atoms with Crippen molar-refractivity contribution in [1.29, 1.82) is 0 Å². The summed E-state index contributed by atoms with van der Waals surface area (Å²) < 4.78 is 7.26. The molecule has 1 aliphatic rings. The Morgan fingerprint density at radius 1 is 1.21 bits per heavy atom. The zero-order valence-corrected chi connectivity index (χ0v) is 16.3. The molecule has 3 N–H and O–H groups in total.